The Labute approximate surface area is 250 Å². The first-order valence-electron chi connectivity index (χ1n) is 14.7. The van der Waals surface area contributed by atoms with E-state index in [0.717, 1.165) is 57.6 Å². The molecule has 0 saturated carbocycles. The van der Waals surface area contributed by atoms with Crippen molar-refractivity contribution >= 4 is 23.0 Å². The molecule has 0 bridgehead atoms. The molecular weight excluding hydrogens is 538 g/mol. The minimum atomic E-state index is 0.532. The van der Waals surface area contributed by atoms with Gasteiger partial charge in [0, 0.05) is 35.1 Å². The van der Waals surface area contributed by atoms with Gasteiger partial charge in [-0.2, -0.15) is 4.98 Å². The van der Waals surface area contributed by atoms with E-state index in [1.165, 1.54) is 25.9 Å². The van der Waals surface area contributed by atoms with Gasteiger partial charge in [-0.3, -0.25) is 4.90 Å². The van der Waals surface area contributed by atoms with Gasteiger partial charge in [0.25, 0.3) is 0 Å². The fraction of sp³-hybridized carbons (Fsp3) is 0.206. The summed E-state index contributed by atoms with van der Waals surface area (Å²) in [6, 6.07) is 34.1. The molecule has 9 nitrogen and oxygen atoms in total. The molecule has 0 spiro atoms. The monoisotopic (exact) mass is 571 g/mol. The van der Waals surface area contributed by atoms with E-state index >= 15 is 0 Å². The van der Waals surface area contributed by atoms with E-state index in [4.69, 9.17) is 19.3 Å². The van der Waals surface area contributed by atoms with Gasteiger partial charge in [-0.1, -0.05) is 53.7 Å². The average molecular weight is 572 g/mol. The molecule has 0 atom stereocenters. The predicted molar refractivity (Wildman–Crippen MR) is 169 cm³/mol. The minimum Gasteiger partial charge on any atom is -0.492 e. The zero-order valence-electron chi connectivity index (χ0n) is 23.8. The topological polar surface area (TPSA) is 92.8 Å². The average Bonchev–Trinajstić information content (AvgIpc) is 3.83. The summed E-state index contributed by atoms with van der Waals surface area (Å²) in [6.07, 6.45) is 2.59. The highest BCUT2D eigenvalue weighted by atomic mass is 16.5. The van der Waals surface area contributed by atoms with Gasteiger partial charge in [-0.15, -0.1) is 5.10 Å². The van der Waals surface area contributed by atoms with Crippen molar-refractivity contribution in [2.45, 2.75) is 19.4 Å². The summed E-state index contributed by atoms with van der Waals surface area (Å²) >= 11 is 0. The van der Waals surface area contributed by atoms with Gasteiger partial charge in [-0.25, -0.2) is 4.52 Å². The van der Waals surface area contributed by atoms with Crippen LogP contribution in [0, 0.1) is 0 Å². The molecule has 0 aliphatic carbocycles. The fourth-order valence-electron chi connectivity index (χ4n) is 5.35. The first-order chi connectivity index (χ1) is 21.3. The Morgan fingerprint density at radius 3 is 2.47 bits per heavy atom. The van der Waals surface area contributed by atoms with Crippen molar-refractivity contribution in [1.29, 1.82) is 0 Å². The lowest BCUT2D eigenvalue weighted by Gasteiger charge is -2.15. The highest BCUT2D eigenvalue weighted by Crippen LogP contribution is 2.26. The lowest BCUT2D eigenvalue weighted by Crippen LogP contribution is -2.25. The van der Waals surface area contributed by atoms with Crippen LogP contribution in [0.3, 0.4) is 0 Å². The number of fused-ring (bicyclic) bond motifs is 1. The van der Waals surface area contributed by atoms with Crippen LogP contribution >= 0.6 is 0 Å². The highest BCUT2D eigenvalue weighted by Gasteiger charge is 2.12. The van der Waals surface area contributed by atoms with Gasteiger partial charge in [-0.05, 0) is 74.5 Å². The van der Waals surface area contributed by atoms with Crippen LogP contribution in [0.1, 0.15) is 18.5 Å². The quantitative estimate of drug-likeness (QED) is 0.174. The van der Waals surface area contributed by atoms with E-state index in [9.17, 15) is 0 Å². The predicted octanol–water partition coefficient (Wildman–Crippen LogP) is 6.88. The Balaban J connectivity index is 1.01. The van der Waals surface area contributed by atoms with Gasteiger partial charge in [0.1, 0.15) is 18.1 Å². The van der Waals surface area contributed by atoms with Crippen molar-refractivity contribution in [2.24, 2.45) is 0 Å². The molecule has 3 aromatic carbocycles. The van der Waals surface area contributed by atoms with Crippen LogP contribution in [-0.4, -0.2) is 50.9 Å². The number of aromatic nitrogens is 4. The van der Waals surface area contributed by atoms with Crippen molar-refractivity contribution in [2.75, 3.05) is 36.9 Å². The maximum absolute atomic E-state index is 5.94. The molecule has 1 aliphatic heterocycles. The normalized spacial score (nSPS) is 13.4. The third-order valence-electron chi connectivity index (χ3n) is 7.59. The molecule has 4 heterocycles. The molecule has 216 valence electrons. The third kappa shape index (κ3) is 6.37. The fourth-order valence-corrected chi connectivity index (χ4v) is 5.35. The molecule has 43 heavy (non-hydrogen) atoms. The second-order valence-electron chi connectivity index (χ2n) is 10.6. The van der Waals surface area contributed by atoms with E-state index in [-0.39, 0.29) is 0 Å². The summed E-state index contributed by atoms with van der Waals surface area (Å²) in [5, 5.41) is 15.8. The molecule has 1 aliphatic rings. The van der Waals surface area contributed by atoms with Crippen LogP contribution in [0.4, 0.5) is 17.3 Å². The molecule has 2 N–H and O–H groups in total. The second-order valence-corrected chi connectivity index (χ2v) is 10.6. The van der Waals surface area contributed by atoms with Gasteiger partial charge < -0.3 is 19.9 Å². The SMILES string of the molecule is c1ccc(-c2cc(CNc3cccc(-c4cccc5nc(Nc6ccc(OCCN7CCCC7)cc6)nn45)c3)no2)cc1. The molecular formula is C34H33N7O2. The van der Waals surface area contributed by atoms with E-state index in [0.29, 0.717) is 19.1 Å². The molecule has 7 rings (SSSR count). The molecule has 0 amide bonds. The van der Waals surface area contributed by atoms with Crippen molar-refractivity contribution in [3.63, 3.8) is 0 Å². The maximum atomic E-state index is 5.94. The van der Waals surface area contributed by atoms with Gasteiger partial charge in [0.2, 0.25) is 5.95 Å². The summed E-state index contributed by atoms with van der Waals surface area (Å²) in [6.45, 7) is 4.59. The molecule has 3 aromatic heterocycles. The zero-order valence-corrected chi connectivity index (χ0v) is 23.8. The van der Waals surface area contributed by atoms with Crippen LogP contribution < -0.4 is 15.4 Å². The van der Waals surface area contributed by atoms with Gasteiger partial charge in [0.15, 0.2) is 11.4 Å². The largest absolute Gasteiger partial charge is 0.492 e. The number of pyridine rings is 1. The van der Waals surface area contributed by atoms with Crippen molar-refractivity contribution in [1.82, 2.24) is 24.7 Å². The number of benzene rings is 3. The number of rotatable bonds is 11. The number of anilines is 3. The zero-order chi connectivity index (χ0) is 28.8. The van der Waals surface area contributed by atoms with Crippen molar-refractivity contribution < 1.29 is 9.26 Å². The highest BCUT2D eigenvalue weighted by molar-refractivity contribution is 5.68. The van der Waals surface area contributed by atoms with E-state index in [2.05, 4.69) is 32.8 Å². The number of hydrogen-bond donors (Lipinski definition) is 2. The summed E-state index contributed by atoms with van der Waals surface area (Å²) in [5.41, 5.74) is 6.44. The molecule has 0 unspecified atom stereocenters. The Hall–Kier alpha value is -5.15. The number of hydrogen-bond acceptors (Lipinski definition) is 8. The van der Waals surface area contributed by atoms with E-state index < -0.39 is 0 Å². The number of nitrogens with zero attached hydrogens (tertiary/aromatic N) is 5. The first-order valence-corrected chi connectivity index (χ1v) is 14.7. The number of likely N-dealkylation sites (tertiary alicyclic amines) is 1. The molecule has 1 fully saturated rings. The van der Waals surface area contributed by atoms with Gasteiger partial charge >= 0.3 is 0 Å². The molecule has 6 aromatic rings. The van der Waals surface area contributed by atoms with Crippen LogP contribution in [0.2, 0.25) is 0 Å². The maximum Gasteiger partial charge on any atom is 0.247 e. The lowest BCUT2D eigenvalue weighted by atomic mass is 10.1. The van der Waals surface area contributed by atoms with Crippen molar-refractivity contribution in [3.05, 3.63) is 109 Å². The summed E-state index contributed by atoms with van der Waals surface area (Å²) in [4.78, 5) is 7.16. The second kappa shape index (κ2) is 12.4. The molecule has 1 saturated heterocycles. The molecule has 0 radical (unpaired) electrons. The van der Waals surface area contributed by atoms with E-state index in [1.807, 2.05) is 95.5 Å². The molecule has 9 heteroatoms. The smallest absolute Gasteiger partial charge is 0.247 e. The van der Waals surface area contributed by atoms with Crippen LogP contribution in [0.15, 0.2) is 108 Å². The summed E-state index contributed by atoms with van der Waals surface area (Å²) in [7, 11) is 0. The number of ether oxygens (including phenoxy) is 1. The van der Waals surface area contributed by atoms with E-state index in [1.54, 1.807) is 0 Å². The lowest BCUT2D eigenvalue weighted by molar-refractivity contribution is 0.238. The Morgan fingerprint density at radius 1 is 0.791 bits per heavy atom. The summed E-state index contributed by atoms with van der Waals surface area (Å²) in [5.74, 6) is 2.15. The Bertz CT molecular complexity index is 1790. The Morgan fingerprint density at radius 2 is 1.60 bits per heavy atom. The summed E-state index contributed by atoms with van der Waals surface area (Å²) < 4.78 is 13.3. The van der Waals surface area contributed by atoms with Crippen LogP contribution in [0.25, 0.3) is 28.2 Å². The Kier molecular flexibility index (Phi) is 7.70. The number of nitrogens with one attached hydrogen (secondary N) is 2. The van der Waals surface area contributed by atoms with Gasteiger partial charge in [0.05, 0.1) is 12.2 Å². The van der Waals surface area contributed by atoms with Crippen molar-refractivity contribution in [3.8, 4) is 28.3 Å². The van der Waals surface area contributed by atoms with Crippen LogP contribution in [0.5, 0.6) is 5.75 Å². The minimum absolute atomic E-state index is 0.532. The first kappa shape index (κ1) is 26.7. The third-order valence-corrected chi connectivity index (χ3v) is 7.59. The van der Waals surface area contributed by atoms with Crippen LogP contribution in [-0.2, 0) is 6.54 Å². The standard InChI is InChI=1S/C34H33N7O2/c1-2-8-25(9-3-1)32-23-29(39-43-32)24-35-28-11-6-10-26(22-28)31-12-7-13-33-37-34(38-41(31)33)36-27-14-16-30(17-15-27)42-21-20-40-18-4-5-19-40/h1-3,6-17,22-23,35H,4-5,18-21,24H2,(H,36,38).